The highest BCUT2D eigenvalue weighted by Gasteiger charge is 2.33. The number of nitrogens with one attached hydrogen (secondary N) is 2. The zero-order valence-corrected chi connectivity index (χ0v) is 14.5. The Morgan fingerprint density at radius 3 is 2.61 bits per heavy atom. The SMILES string of the molecule is COC(=O)c1cccc(Nc2cnnc(Nc3ccccc3C(F)(F)F)n2)c1. The van der Waals surface area contributed by atoms with E-state index in [0.717, 1.165) is 6.07 Å². The molecule has 0 atom stereocenters. The number of esters is 1. The summed E-state index contributed by atoms with van der Waals surface area (Å²) in [5.41, 5.74) is -0.193. The molecule has 2 N–H and O–H groups in total. The van der Waals surface area contributed by atoms with Crippen LogP contribution in [0.1, 0.15) is 15.9 Å². The van der Waals surface area contributed by atoms with E-state index in [0.29, 0.717) is 11.3 Å². The summed E-state index contributed by atoms with van der Waals surface area (Å²) >= 11 is 0. The lowest BCUT2D eigenvalue weighted by molar-refractivity contribution is -0.136. The molecular weight excluding hydrogens is 375 g/mol. The minimum atomic E-state index is -4.53. The monoisotopic (exact) mass is 389 g/mol. The van der Waals surface area contributed by atoms with Crippen molar-refractivity contribution in [2.75, 3.05) is 17.7 Å². The maximum atomic E-state index is 13.1. The van der Waals surface area contributed by atoms with Gasteiger partial charge in [-0.25, -0.2) is 4.79 Å². The number of para-hydroxylation sites is 1. The molecule has 0 saturated carbocycles. The Balaban J connectivity index is 1.82. The molecule has 3 aromatic rings. The number of benzene rings is 2. The van der Waals surface area contributed by atoms with Crippen LogP contribution in [0.25, 0.3) is 0 Å². The fraction of sp³-hybridized carbons (Fsp3) is 0.111. The molecule has 0 amide bonds. The molecule has 0 saturated heterocycles. The molecule has 7 nitrogen and oxygen atoms in total. The molecular formula is C18H14F3N5O2. The van der Waals surface area contributed by atoms with Gasteiger partial charge in [0.1, 0.15) is 0 Å². The Morgan fingerprint density at radius 1 is 1.07 bits per heavy atom. The van der Waals surface area contributed by atoms with Crippen LogP contribution >= 0.6 is 0 Å². The summed E-state index contributed by atoms with van der Waals surface area (Å²) in [6, 6.07) is 11.4. The molecule has 0 radical (unpaired) electrons. The van der Waals surface area contributed by atoms with E-state index in [1.165, 1.54) is 31.5 Å². The number of nitrogens with zero attached hydrogens (tertiary/aromatic N) is 3. The predicted molar refractivity (Wildman–Crippen MR) is 95.6 cm³/mol. The normalized spacial score (nSPS) is 11.0. The summed E-state index contributed by atoms with van der Waals surface area (Å²) < 4.78 is 44.0. The van der Waals surface area contributed by atoms with Crippen molar-refractivity contribution in [3.8, 4) is 0 Å². The van der Waals surface area contributed by atoms with Crippen LogP contribution in [0.3, 0.4) is 0 Å². The lowest BCUT2D eigenvalue weighted by atomic mass is 10.1. The number of hydrogen-bond acceptors (Lipinski definition) is 7. The van der Waals surface area contributed by atoms with E-state index in [-0.39, 0.29) is 17.5 Å². The second kappa shape index (κ2) is 7.91. The molecule has 144 valence electrons. The quantitative estimate of drug-likeness (QED) is 0.633. The standard InChI is InChI=1S/C18H14F3N5O2/c1-28-16(27)11-5-4-6-12(9-11)23-15-10-22-26-17(25-15)24-14-8-3-2-7-13(14)18(19,20)21/h2-10H,1H3,(H2,23,24,25,26). The van der Waals surface area contributed by atoms with Crippen LogP contribution in [0.15, 0.2) is 54.7 Å². The molecule has 28 heavy (non-hydrogen) atoms. The van der Waals surface area contributed by atoms with Crippen LogP contribution in [0, 0.1) is 0 Å². The van der Waals surface area contributed by atoms with Crippen molar-refractivity contribution in [2.45, 2.75) is 6.18 Å². The van der Waals surface area contributed by atoms with Gasteiger partial charge >= 0.3 is 12.1 Å². The van der Waals surface area contributed by atoms with Crippen molar-refractivity contribution in [1.29, 1.82) is 0 Å². The van der Waals surface area contributed by atoms with E-state index >= 15 is 0 Å². The first-order valence-corrected chi connectivity index (χ1v) is 7.95. The van der Waals surface area contributed by atoms with Crippen molar-refractivity contribution in [3.63, 3.8) is 0 Å². The number of halogens is 3. The average molecular weight is 389 g/mol. The van der Waals surface area contributed by atoms with Gasteiger partial charge in [0.2, 0.25) is 5.95 Å². The van der Waals surface area contributed by atoms with Gasteiger partial charge in [0.15, 0.2) is 5.82 Å². The highest BCUT2D eigenvalue weighted by molar-refractivity contribution is 5.90. The molecule has 1 heterocycles. The Kier molecular flexibility index (Phi) is 5.39. The van der Waals surface area contributed by atoms with Crippen LogP contribution < -0.4 is 10.6 Å². The largest absolute Gasteiger partial charge is 0.465 e. The van der Waals surface area contributed by atoms with E-state index in [4.69, 9.17) is 0 Å². The number of hydrogen-bond donors (Lipinski definition) is 2. The third-order valence-corrected chi connectivity index (χ3v) is 3.59. The van der Waals surface area contributed by atoms with Crippen molar-refractivity contribution >= 4 is 29.1 Å². The lowest BCUT2D eigenvalue weighted by Gasteiger charge is -2.13. The van der Waals surface area contributed by atoms with Crippen molar-refractivity contribution in [2.24, 2.45) is 0 Å². The number of rotatable bonds is 5. The van der Waals surface area contributed by atoms with Gasteiger partial charge in [-0.1, -0.05) is 18.2 Å². The molecule has 0 spiro atoms. The molecule has 0 fully saturated rings. The Hall–Kier alpha value is -3.69. The number of ether oxygens (including phenoxy) is 1. The Bertz CT molecular complexity index is 995. The number of carbonyl (C=O) groups is 1. The van der Waals surface area contributed by atoms with E-state index < -0.39 is 17.7 Å². The molecule has 3 rings (SSSR count). The lowest BCUT2D eigenvalue weighted by Crippen LogP contribution is -2.10. The molecule has 0 aliphatic rings. The maximum absolute atomic E-state index is 13.1. The third kappa shape index (κ3) is 4.53. The topological polar surface area (TPSA) is 89.0 Å². The molecule has 10 heteroatoms. The van der Waals surface area contributed by atoms with Gasteiger partial charge in [-0.2, -0.15) is 23.3 Å². The zero-order valence-electron chi connectivity index (χ0n) is 14.5. The van der Waals surface area contributed by atoms with Crippen LogP contribution in [-0.2, 0) is 10.9 Å². The van der Waals surface area contributed by atoms with Crippen LogP contribution in [0.2, 0.25) is 0 Å². The summed E-state index contributed by atoms with van der Waals surface area (Å²) in [6.07, 6.45) is -3.23. The van der Waals surface area contributed by atoms with E-state index in [1.54, 1.807) is 24.3 Å². The first kappa shape index (κ1) is 19.1. The number of carbonyl (C=O) groups excluding carboxylic acids is 1. The highest BCUT2D eigenvalue weighted by Crippen LogP contribution is 2.35. The van der Waals surface area contributed by atoms with Crippen molar-refractivity contribution < 1.29 is 22.7 Å². The van der Waals surface area contributed by atoms with E-state index in [2.05, 4.69) is 30.6 Å². The van der Waals surface area contributed by atoms with Gasteiger partial charge < -0.3 is 15.4 Å². The third-order valence-electron chi connectivity index (χ3n) is 3.59. The van der Waals surface area contributed by atoms with Gasteiger partial charge in [-0.3, -0.25) is 0 Å². The number of alkyl halides is 3. The number of methoxy groups -OCH3 is 1. The molecule has 0 aliphatic heterocycles. The summed E-state index contributed by atoms with van der Waals surface area (Å²) in [7, 11) is 1.27. The fourth-order valence-electron chi connectivity index (χ4n) is 2.37. The van der Waals surface area contributed by atoms with E-state index in [1.807, 2.05) is 0 Å². The van der Waals surface area contributed by atoms with Gasteiger partial charge in [0.05, 0.1) is 30.1 Å². The van der Waals surface area contributed by atoms with Crippen LogP contribution in [-0.4, -0.2) is 28.3 Å². The molecule has 0 unspecified atom stereocenters. The summed E-state index contributed by atoms with van der Waals surface area (Å²) in [5.74, 6) is -0.398. The Morgan fingerprint density at radius 2 is 1.86 bits per heavy atom. The van der Waals surface area contributed by atoms with Crippen molar-refractivity contribution in [1.82, 2.24) is 15.2 Å². The summed E-state index contributed by atoms with van der Waals surface area (Å²) in [4.78, 5) is 15.7. The Labute approximate surface area is 157 Å². The van der Waals surface area contributed by atoms with Crippen LogP contribution in [0.5, 0.6) is 0 Å². The maximum Gasteiger partial charge on any atom is 0.418 e. The first-order valence-electron chi connectivity index (χ1n) is 7.95. The highest BCUT2D eigenvalue weighted by atomic mass is 19.4. The second-order valence-electron chi connectivity index (χ2n) is 5.53. The van der Waals surface area contributed by atoms with E-state index in [9.17, 15) is 18.0 Å². The zero-order chi connectivity index (χ0) is 20.1. The van der Waals surface area contributed by atoms with Gasteiger partial charge in [-0.05, 0) is 30.3 Å². The summed E-state index contributed by atoms with van der Waals surface area (Å²) in [5, 5.41) is 12.9. The van der Waals surface area contributed by atoms with Gasteiger partial charge in [-0.15, -0.1) is 5.10 Å². The van der Waals surface area contributed by atoms with Crippen LogP contribution in [0.4, 0.5) is 36.3 Å². The van der Waals surface area contributed by atoms with Gasteiger partial charge in [0.25, 0.3) is 0 Å². The first-order chi connectivity index (χ1) is 13.4. The molecule has 0 aliphatic carbocycles. The minimum Gasteiger partial charge on any atom is -0.465 e. The summed E-state index contributed by atoms with van der Waals surface area (Å²) in [6.45, 7) is 0. The predicted octanol–water partition coefficient (Wildman–Crippen LogP) is 4.16. The van der Waals surface area contributed by atoms with Crippen molar-refractivity contribution in [3.05, 3.63) is 65.9 Å². The fourth-order valence-corrected chi connectivity index (χ4v) is 2.37. The smallest absolute Gasteiger partial charge is 0.418 e. The minimum absolute atomic E-state index is 0.120. The number of anilines is 4. The van der Waals surface area contributed by atoms with Gasteiger partial charge in [0, 0.05) is 5.69 Å². The molecule has 1 aromatic heterocycles. The second-order valence-corrected chi connectivity index (χ2v) is 5.53. The molecule has 0 bridgehead atoms. The number of aromatic nitrogens is 3. The molecule has 2 aromatic carbocycles. The average Bonchev–Trinajstić information content (AvgIpc) is 2.67.